The third-order valence-corrected chi connectivity index (χ3v) is 5.04. The molecule has 108 valence electrons. The van der Waals surface area contributed by atoms with Crippen LogP contribution in [0.1, 0.15) is 5.56 Å². The summed E-state index contributed by atoms with van der Waals surface area (Å²) in [6, 6.07) is 9.40. The van der Waals surface area contributed by atoms with Gasteiger partial charge in [0.25, 0.3) is 10.0 Å². The first kappa shape index (κ1) is 13.6. The maximum absolute atomic E-state index is 12.4. The summed E-state index contributed by atoms with van der Waals surface area (Å²) in [4.78, 5) is 22.7. The molecule has 0 aliphatic carbocycles. The Bertz CT molecular complexity index is 874. The molecule has 1 aliphatic rings. The predicted octanol–water partition coefficient (Wildman–Crippen LogP) is 1.39. The largest absolute Gasteiger partial charge is 0.338 e. The van der Waals surface area contributed by atoms with Crippen LogP contribution in [-0.2, 0) is 14.8 Å². The number of fused-ring (bicyclic) bond motifs is 1. The van der Waals surface area contributed by atoms with Gasteiger partial charge >= 0.3 is 6.03 Å². The maximum atomic E-state index is 12.4. The summed E-state index contributed by atoms with van der Waals surface area (Å²) >= 11 is 0. The van der Waals surface area contributed by atoms with E-state index in [0.717, 1.165) is 16.3 Å². The standard InChI is InChI=1S/C14H12N2O4S/c1-9-2-3-10-4-5-12(7-11(10)6-9)21(19,20)16-8-13(17)15-14(16)18/h2-7H,8H2,1H3,(H,15,17,18). The normalized spacial score (nSPS) is 15.6. The molecule has 3 rings (SSSR count). The molecular formula is C14H12N2O4S. The van der Waals surface area contributed by atoms with E-state index in [4.69, 9.17) is 0 Å². The minimum Gasteiger partial charge on any atom is -0.275 e. The number of urea groups is 1. The van der Waals surface area contributed by atoms with Gasteiger partial charge in [0.05, 0.1) is 4.90 Å². The summed E-state index contributed by atoms with van der Waals surface area (Å²) in [6.07, 6.45) is 0. The molecule has 1 N–H and O–H groups in total. The Balaban J connectivity index is 2.10. The van der Waals surface area contributed by atoms with Gasteiger partial charge < -0.3 is 0 Å². The lowest BCUT2D eigenvalue weighted by atomic mass is 10.1. The Morgan fingerprint density at radius 1 is 1.05 bits per heavy atom. The van der Waals surface area contributed by atoms with Gasteiger partial charge in [0.1, 0.15) is 6.54 Å². The van der Waals surface area contributed by atoms with Crippen LogP contribution >= 0.6 is 0 Å². The molecule has 0 radical (unpaired) electrons. The van der Waals surface area contributed by atoms with Gasteiger partial charge in [-0.25, -0.2) is 17.5 Å². The van der Waals surface area contributed by atoms with Crippen molar-refractivity contribution in [2.75, 3.05) is 6.54 Å². The fraction of sp³-hybridized carbons (Fsp3) is 0.143. The third kappa shape index (κ3) is 2.25. The van der Waals surface area contributed by atoms with Crippen molar-refractivity contribution in [2.45, 2.75) is 11.8 Å². The topological polar surface area (TPSA) is 83.6 Å². The van der Waals surface area contributed by atoms with Crippen LogP contribution in [-0.4, -0.2) is 31.2 Å². The molecule has 0 saturated carbocycles. The molecule has 0 spiro atoms. The maximum Gasteiger partial charge on any atom is 0.338 e. The summed E-state index contributed by atoms with van der Waals surface area (Å²) in [6.45, 7) is 1.43. The first-order valence-electron chi connectivity index (χ1n) is 6.25. The zero-order valence-electron chi connectivity index (χ0n) is 11.2. The molecule has 1 saturated heterocycles. The van der Waals surface area contributed by atoms with Gasteiger partial charge in [0.2, 0.25) is 5.91 Å². The molecule has 1 fully saturated rings. The number of hydrogen-bond acceptors (Lipinski definition) is 4. The van der Waals surface area contributed by atoms with Gasteiger partial charge in [0.15, 0.2) is 0 Å². The summed E-state index contributed by atoms with van der Waals surface area (Å²) in [5, 5.41) is 3.63. The van der Waals surface area contributed by atoms with Crippen LogP contribution in [0.4, 0.5) is 4.79 Å². The van der Waals surface area contributed by atoms with E-state index in [9.17, 15) is 18.0 Å². The van der Waals surface area contributed by atoms with Gasteiger partial charge in [0, 0.05) is 0 Å². The lowest BCUT2D eigenvalue weighted by Gasteiger charge is -2.14. The number of nitrogens with zero attached hydrogens (tertiary/aromatic N) is 1. The van der Waals surface area contributed by atoms with Gasteiger partial charge in [-0.2, -0.15) is 0 Å². The molecule has 6 nitrogen and oxygen atoms in total. The third-order valence-electron chi connectivity index (χ3n) is 3.32. The van der Waals surface area contributed by atoms with E-state index in [0.29, 0.717) is 4.31 Å². The molecule has 0 aromatic heterocycles. The van der Waals surface area contributed by atoms with E-state index in [1.807, 2.05) is 30.4 Å². The Hall–Kier alpha value is -2.41. The van der Waals surface area contributed by atoms with Crippen molar-refractivity contribution in [1.82, 2.24) is 9.62 Å². The molecule has 1 aliphatic heterocycles. The van der Waals surface area contributed by atoms with Crippen molar-refractivity contribution >= 4 is 32.7 Å². The molecule has 0 unspecified atom stereocenters. The summed E-state index contributed by atoms with van der Waals surface area (Å²) in [5.41, 5.74) is 1.01. The number of hydrogen-bond donors (Lipinski definition) is 1. The van der Waals surface area contributed by atoms with Crippen LogP contribution < -0.4 is 5.32 Å². The smallest absolute Gasteiger partial charge is 0.275 e. The summed E-state index contributed by atoms with van der Waals surface area (Å²) < 4.78 is 25.4. The zero-order valence-corrected chi connectivity index (χ0v) is 12.0. The highest BCUT2D eigenvalue weighted by molar-refractivity contribution is 7.89. The number of amides is 3. The first-order chi connectivity index (χ1) is 9.88. The van der Waals surface area contributed by atoms with Crippen LogP contribution in [0.25, 0.3) is 10.8 Å². The molecule has 2 aromatic rings. The molecule has 3 amide bonds. The number of nitrogens with one attached hydrogen (secondary N) is 1. The van der Waals surface area contributed by atoms with Crippen LogP contribution in [0, 0.1) is 6.92 Å². The second-order valence-electron chi connectivity index (χ2n) is 4.88. The average molecular weight is 304 g/mol. The summed E-state index contributed by atoms with van der Waals surface area (Å²) in [7, 11) is -4.02. The minimum absolute atomic E-state index is 0.00884. The molecule has 7 heteroatoms. The molecule has 1 heterocycles. The Kier molecular flexibility index (Phi) is 2.94. The van der Waals surface area contributed by atoms with Crippen LogP contribution in [0.15, 0.2) is 41.3 Å². The Morgan fingerprint density at radius 2 is 1.76 bits per heavy atom. The SMILES string of the molecule is Cc1ccc2ccc(S(=O)(=O)N3CC(=O)NC3=O)cc2c1. The zero-order chi connectivity index (χ0) is 15.2. The number of rotatable bonds is 2. The Labute approximate surface area is 121 Å². The molecule has 21 heavy (non-hydrogen) atoms. The van der Waals surface area contributed by atoms with E-state index in [1.54, 1.807) is 6.07 Å². The van der Waals surface area contributed by atoms with Crippen molar-refractivity contribution in [3.63, 3.8) is 0 Å². The van der Waals surface area contributed by atoms with Gasteiger partial charge in [-0.1, -0.05) is 29.8 Å². The van der Waals surface area contributed by atoms with Crippen molar-refractivity contribution in [1.29, 1.82) is 0 Å². The van der Waals surface area contributed by atoms with E-state index in [-0.39, 0.29) is 4.90 Å². The fourth-order valence-electron chi connectivity index (χ4n) is 2.25. The number of imide groups is 1. The number of aryl methyl sites for hydroxylation is 1. The minimum atomic E-state index is -4.02. The monoisotopic (exact) mass is 304 g/mol. The number of carbonyl (C=O) groups excluding carboxylic acids is 2. The van der Waals surface area contributed by atoms with Crippen molar-refractivity contribution < 1.29 is 18.0 Å². The van der Waals surface area contributed by atoms with E-state index >= 15 is 0 Å². The highest BCUT2D eigenvalue weighted by Gasteiger charge is 2.37. The quantitative estimate of drug-likeness (QED) is 0.850. The predicted molar refractivity (Wildman–Crippen MR) is 76.1 cm³/mol. The average Bonchev–Trinajstić information content (AvgIpc) is 2.77. The van der Waals surface area contributed by atoms with Crippen LogP contribution in [0.5, 0.6) is 0 Å². The van der Waals surface area contributed by atoms with Crippen molar-refractivity contribution in [2.24, 2.45) is 0 Å². The van der Waals surface area contributed by atoms with E-state index in [1.165, 1.54) is 12.1 Å². The number of carbonyl (C=O) groups is 2. The lowest BCUT2D eigenvalue weighted by molar-refractivity contribution is -0.118. The number of sulfonamides is 1. The first-order valence-corrected chi connectivity index (χ1v) is 7.69. The van der Waals surface area contributed by atoms with E-state index < -0.39 is 28.5 Å². The fourth-order valence-corrected chi connectivity index (χ4v) is 3.57. The molecule has 0 bridgehead atoms. The second-order valence-corrected chi connectivity index (χ2v) is 6.74. The highest BCUT2D eigenvalue weighted by Crippen LogP contribution is 2.23. The van der Waals surface area contributed by atoms with Gasteiger partial charge in [-0.15, -0.1) is 0 Å². The molecule has 2 aromatic carbocycles. The van der Waals surface area contributed by atoms with Crippen LogP contribution in [0.2, 0.25) is 0 Å². The van der Waals surface area contributed by atoms with Crippen LogP contribution in [0.3, 0.4) is 0 Å². The number of benzene rings is 2. The second kappa shape index (κ2) is 4.56. The Morgan fingerprint density at radius 3 is 2.43 bits per heavy atom. The van der Waals surface area contributed by atoms with E-state index in [2.05, 4.69) is 0 Å². The highest BCUT2D eigenvalue weighted by atomic mass is 32.2. The van der Waals surface area contributed by atoms with Crippen molar-refractivity contribution in [3.8, 4) is 0 Å². The molecular weight excluding hydrogens is 292 g/mol. The molecule has 0 atom stereocenters. The van der Waals surface area contributed by atoms with Gasteiger partial charge in [-0.3, -0.25) is 10.1 Å². The summed E-state index contributed by atoms with van der Waals surface area (Å²) in [5.74, 6) is -0.625. The van der Waals surface area contributed by atoms with Gasteiger partial charge in [-0.05, 0) is 29.8 Å². The lowest BCUT2D eigenvalue weighted by Crippen LogP contribution is -2.34. The van der Waals surface area contributed by atoms with Crippen molar-refractivity contribution in [3.05, 3.63) is 42.0 Å².